The summed E-state index contributed by atoms with van der Waals surface area (Å²) in [6, 6.07) is 12.1. The van der Waals surface area contributed by atoms with Gasteiger partial charge in [0.15, 0.2) is 5.82 Å². The summed E-state index contributed by atoms with van der Waals surface area (Å²) in [6.07, 6.45) is 8.17. The maximum Gasteiger partial charge on any atom is 0.151 e. The third-order valence-electron chi connectivity index (χ3n) is 7.03. The number of rotatable bonds is 5. The average molecular weight is 496 g/mol. The molecule has 0 amide bonds. The molecule has 4 heterocycles. The van der Waals surface area contributed by atoms with Gasteiger partial charge in [-0.15, -0.1) is 0 Å². The molecule has 0 aliphatic carbocycles. The lowest BCUT2D eigenvalue weighted by atomic mass is 10.1. The van der Waals surface area contributed by atoms with E-state index in [4.69, 9.17) is 21.6 Å². The van der Waals surface area contributed by atoms with Crippen LogP contribution in [-0.2, 0) is 17.5 Å². The molecule has 0 atom stereocenters. The zero-order valence-corrected chi connectivity index (χ0v) is 21.3. The quantitative estimate of drug-likeness (QED) is 0.372. The molecule has 178 valence electrons. The van der Waals surface area contributed by atoms with Gasteiger partial charge in [0.05, 0.1) is 17.6 Å². The van der Waals surface area contributed by atoms with Crippen molar-refractivity contribution in [1.82, 2.24) is 19.9 Å². The minimum Gasteiger partial charge on any atom is -0.351 e. The number of nitrogens with zero attached hydrogens (tertiary/aromatic N) is 5. The van der Waals surface area contributed by atoms with Crippen LogP contribution in [0.5, 0.6) is 0 Å². The van der Waals surface area contributed by atoms with Crippen molar-refractivity contribution in [2.45, 2.75) is 32.7 Å². The van der Waals surface area contributed by atoms with Crippen molar-refractivity contribution in [1.29, 1.82) is 0 Å². The lowest BCUT2D eigenvalue weighted by Gasteiger charge is -2.31. The smallest absolute Gasteiger partial charge is 0.151 e. The molecule has 8 heteroatoms. The number of fused-ring (bicyclic) bond motifs is 1. The molecular weight excluding hydrogens is 465 g/mol. The number of aromatic nitrogens is 3. The molecule has 2 aliphatic heterocycles. The van der Waals surface area contributed by atoms with Crippen LogP contribution in [0.1, 0.15) is 31.0 Å². The molecule has 2 aliphatic rings. The van der Waals surface area contributed by atoms with Crippen LogP contribution in [0.25, 0.3) is 11.3 Å². The van der Waals surface area contributed by atoms with E-state index in [0.29, 0.717) is 11.7 Å². The Hall–Kier alpha value is -2.27. The summed E-state index contributed by atoms with van der Waals surface area (Å²) >= 11 is 6.36. The standard InChI is InChI=1S/C26H31ClN5OP/c1-2-31-13-15-34(33,16-14-31)22-9-5-7-20(17-22)24-18-29-23-10-3-4-12-32(26(23)30-24)19-21-8-6-11-28-25(21)27/h5-9,11,17-18H,2-4,10,12-16,19H2,1H3. The molecule has 5 rings (SSSR count). The Morgan fingerprint density at radius 1 is 1.06 bits per heavy atom. The largest absolute Gasteiger partial charge is 0.351 e. The maximum absolute atomic E-state index is 13.8. The molecule has 1 aromatic carbocycles. The number of aryl methyl sites for hydroxylation is 1. The van der Waals surface area contributed by atoms with E-state index in [-0.39, 0.29) is 0 Å². The molecule has 3 aromatic rings. The molecule has 0 N–H and O–H groups in total. The van der Waals surface area contributed by atoms with E-state index in [1.54, 1.807) is 6.20 Å². The van der Waals surface area contributed by atoms with Gasteiger partial charge in [-0.3, -0.25) is 4.98 Å². The third-order valence-corrected chi connectivity index (χ3v) is 10.4. The summed E-state index contributed by atoms with van der Waals surface area (Å²) in [7, 11) is -2.38. The molecular formula is C26H31ClN5OP. The fraction of sp³-hybridized carbons (Fsp3) is 0.423. The topological polar surface area (TPSA) is 62.2 Å². The predicted molar refractivity (Wildman–Crippen MR) is 140 cm³/mol. The zero-order chi connectivity index (χ0) is 23.5. The number of hydrogen-bond donors (Lipinski definition) is 0. The summed E-state index contributed by atoms with van der Waals surface area (Å²) in [5.41, 5.74) is 3.81. The van der Waals surface area contributed by atoms with Gasteiger partial charge in [0.2, 0.25) is 0 Å². The molecule has 0 radical (unpaired) electrons. The van der Waals surface area contributed by atoms with Crippen molar-refractivity contribution in [2.75, 3.05) is 43.4 Å². The Labute approximate surface area is 206 Å². The molecule has 6 nitrogen and oxygen atoms in total. The molecule has 2 aromatic heterocycles. The Bertz CT molecular complexity index is 1210. The minimum atomic E-state index is -2.38. The van der Waals surface area contributed by atoms with E-state index >= 15 is 0 Å². The van der Waals surface area contributed by atoms with Gasteiger partial charge in [-0.2, -0.15) is 0 Å². The molecule has 0 unspecified atom stereocenters. The maximum atomic E-state index is 13.8. The summed E-state index contributed by atoms with van der Waals surface area (Å²) < 4.78 is 13.8. The highest BCUT2D eigenvalue weighted by atomic mass is 35.5. The van der Waals surface area contributed by atoms with Crippen LogP contribution in [-0.4, -0.2) is 58.4 Å². The molecule has 0 spiro atoms. The van der Waals surface area contributed by atoms with Crippen LogP contribution in [0.4, 0.5) is 5.82 Å². The van der Waals surface area contributed by atoms with Crippen LogP contribution in [0, 0.1) is 0 Å². The summed E-state index contributed by atoms with van der Waals surface area (Å²) in [6.45, 7) is 6.55. The number of benzene rings is 1. The van der Waals surface area contributed by atoms with Crippen molar-refractivity contribution in [2.24, 2.45) is 0 Å². The second-order valence-electron chi connectivity index (χ2n) is 9.18. The first-order valence-corrected chi connectivity index (χ1v) is 14.6. The van der Waals surface area contributed by atoms with Gasteiger partial charge < -0.3 is 14.4 Å². The van der Waals surface area contributed by atoms with Gasteiger partial charge in [0.25, 0.3) is 0 Å². The van der Waals surface area contributed by atoms with Crippen LogP contribution in [0.3, 0.4) is 0 Å². The van der Waals surface area contributed by atoms with Crippen molar-refractivity contribution < 1.29 is 4.57 Å². The van der Waals surface area contributed by atoms with Crippen molar-refractivity contribution in [3.05, 3.63) is 65.2 Å². The SMILES string of the molecule is CCN1CCP(=O)(c2cccc(-c3cnc4c(n3)N(Cc3cccnc3Cl)CCCC4)c2)CC1. The van der Waals surface area contributed by atoms with Gasteiger partial charge in [-0.25, -0.2) is 9.97 Å². The third kappa shape index (κ3) is 4.91. The van der Waals surface area contributed by atoms with Crippen molar-refractivity contribution >= 4 is 29.9 Å². The molecule has 34 heavy (non-hydrogen) atoms. The highest BCUT2D eigenvalue weighted by molar-refractivity contribution is 7.71. The first-order chi connectivity index (χ1) is 16.6. The number of halogens is 1. The molecule has 0 saturated carbocycles. The first kappa shape index (κ1) is 23.5. The fourth-order valence-corrected chi connectivity index (χ4v) is 7.76. The average Bonchev–Trinajstić information content (AvgIpc) is 3.08. The Kier molecular flexibility index (Phi) is 7.01. The van der Waals surface area contributed by atoms with Crippen LogP contribution in [0.2, 0.25) is 5.15 Å². The highest BCUT2D eigenvalue weighted by Gasteiger charge is 2.30. The van der Waals surface area contributed by atoms with Crippen LogP contribution < -0.4 is 10.2 Å². The number of pyridine rings is 1. The van der Waals surface area contributed by atoms with Gasteiger partial charge in [0, 0.05) is 61.1 Å². The van der Waals surface area contributed by atoms with E-state index in [0.717, 1.165) is 91.4 Å². The van der Waals surface area contributed by atoms with E-state index < -0.39 is 7.14 Å². The molecule has 1 fully saturated rings. The van der Waals surface area contributed by atoms with Gasteiger partial charge in [-0.1, -0.05) is 42.8 Å². The second kappa shape index (κ2) is 10.2. The van der Waals surface area contributed by atoms with E-state index in [1.807, 2.05) is 36.5 Å². The molecule has 1 saturated heterocycles. The van der Waals surface area contributed by atoms with Gasteiger partial charge >= 0.3 is 0 Å². The van der Waals surface area contributed by atoms with E-state index in [2.05, 4.69) is 27.8 Å². The van der Waals surface area contributed by atoms with Crippen LogP contribution in [0.15, 0.2) is 48.8 Å². The van der Waals surface area contributed by atoms with Gasteiger partial charge in [0.1, 0.15) is 12.3 Å². The lowest BCUT2D eigenvalue weighted by Crippen LogP contribution is -2.36. The minimum absolute atomic E-state index is 0.531. The zero-order valence-electron chi connectivity index (χ0n) is 19.7. The number of hydrogen-bond acceptors (Lipinski definition) is 6. The Morgan fingerprint density at radius 2 is 1.91 bits per heavy atom. The predicted octanol–water partition coefficient (Wildman–Crippen LogP) is 4.86. The van der Waals surface area contributed by atoms with E-state index in [9.17, 15) is 4.57 Å². The van der Waals surface area contributed by atoms with E-state index in [1.165, 1.54) is 0 Å². The lowest BCUT2D eigenvalue weighted by molar-refractivity contribution is 0.312. The summed E-state index contributed by atoms with van der Waals surface area (Å²) in [4.78, 5) is 18.8. The van der Waals surface area contributed by atoms with Crippen LogP contribution >= 0.6 is 18.7 Å². The Morgan fingerprint density at radius 3 is 2.71 bits per heavy atom. The van der Waals surface area contributed by atoms with Crippen molar-refractivity contribution in [3.63, 3.8) is 0 Å². The Balaban J connectivity index is 1.46. The number of anilines is 1. The fourth-order valence-electron chi connectivity index (χ4n) is 4.89. The monoisotopic (exact) mass is 495 g/mol. The summed E-state index contributed by atoms with van der Waals surface area (Å²) in [5.74, 6) is 0.920. The second-order valence-corrected chi connectivity index (χ2v) is 12.7. The first-order valence-electron chi connectivity index (χ1n) is 12.2. The molecule has 0 bridgehead atoms. The summed E-state index contributed by atoms with van der Waals surface area (Å²) in [5, 5.41) is 1.50. The highest BCUT2D eigenvalue weighted by Crippen LogP contribution is 2.46. The van der Waals surface area contributed by atoms with Crippen molar-refractivity contribution in [3.8, 4) is 11.3 Å². The van der Waals surface area contributed by atoms with Gasteiger partial charge in [-0.05, 0) is 37.9 Å². The normalized spacial score (nSPS) is 18.4.